The van der Waals surface area contributed by atoms with Crippen LogP contribution in [0.2, 0.25) is 0 Å². The molecule has 0 bridgehead atoms. The Balaban J connectivity index is 1.47. The second-order valence-corrected chi connectivity index (χ2v) is 6.06. The first-order valence-corrected chi connectivity index (χ1v) is 8.68. The van der Waals surface area contributed by atoms with Gasteiger partial charge in [0.05, 0.1) is 7.11 Å². The van der Waals surface area contributed by atoms with Crippen LogP contribution in [0.15, 0.2) is 60.9 Å². The van der Waals surface area contributed by atoms with Gasteiger partial charge in [-0.25, -0.2) is 9.97 Å². The molecule has 0 saturated heterocycles. The molecular weight excluding hydrogens is 342 g/mol. The Morgan fingerprint density at radius 1 is 1.00 bits per heavy atom. The number of nitrogens with one attached hydrogen (secondary N) is 1. The average molecular weight is 363 g/mol. The summed E-state index contributed by atoms with van der Waals surface area (Å²) in [4.78, 5) is 20.2. The van der Waals surface area contributed by atoms with Crippen molar-refractivity contribution < 1.29 is 14.6 Å². The van der Waals surface area contributed by atoms with Crippen LogP contribution < -0.4 is 10.1 Å². The summed E-state index contributed by atoms with van der Waals surface area (Å²) in [6.45, 7) is 0.591. The molecule has 2 aromatic carbocycles. The van der Waals surface area contributed by atoms with Gasteiger partial charge in [-0.3, -0.25) is 4.79 Å². The predicted octanol–water partition coefficient (Wildman–Crippen LogP) is 3.22. The molecule has 2 N–H and O–H groups in total. The van der Waals surface area contributed by atoms with Gasteiger partial charge >= 0.3 is 6.01 Å². The lowest BCUT2D eigenvalue weighted by atomic mass is 10.0. The molecule has 1 aromatic heterocycles. The zero-order chi connectivity index (χ0) is 19.1. The first-order chi connectivity index (χ1) is 13.2. The molecule has 1 heterocycles. The molecule has 0 aliphatic carbocycles. The third-order valence-electron chi connectivity index (χ3n) is 4.16. The van der Waals surface area contributed by atoms with Crippen LogP contribution in [0.3, 0.4) is 0 Å². The number of amides is 1. The van der Waals surface area contributed by atoms with Crippen molar-refractivity contribution in [3.63, 3.8) is 0 Å². The van der Waals surface area contributed by atoms with Gasteiger partial charge in [0.1, 0.15) is 5.75 Å². The molecule has 3 aromatic rings. The minimum absolute atomic E-state index is 0.134. The van der Waals surface area contributed by atoms with Crippen molar-refractivity contribution in [3.8, 4) is 22.9 Å². The van der Waals surface area contributed by atoms with Gasteiger partial charge in [0.15, 0.2) is 0 Å². The number of phenols is 1. The van der Waals surface area contributed by atoms with E-state index in [9.17, 15) is 9.90 Å². The minimum Gasteiger partial charge on any atom is -0.508 e. The van der Waals surface area contributed by atoms with Crippen LogP contribution in [-0.2, 0) is 6.42 Å². The number of rotatable bonds is 7. The normalized spacial score (nSPS) is 10.4. The molecule has 6 heteroatoms. The van der Waals surface area contributed by atoms with Crippen LogP contribution >= 0.6 is 0 Å². The van der Waals surface area contributed by atoms with E-state index in [4.69, 9.17) is 4.74 Å². The van der Waals surface area contributed by atoms with Gasteiger partial charge in [-0.1, -0.05) is 24.3 Å². The number of carbonyl (C=O) groups excluding carboxylic acids is 1. The molecule has 0 aliphatic rings. The van der Waals surface area contributed by atoms with E-state index in [1.54, 1.807) is 24.5 Å². The van der Waals surface area contributed by atoms with Crippen molar-refractivity contribution in [2.75, 3.05) is 13.7 Å². The van der Waals surface area contributed by atoms with Crippen molar-refractivity contribution >= 4 is 5.91 Å². The van der Waals surface area contributed by atoms with Crippen LogP contribution in [0.4, 0.5) is 0 Å². The van der Waals surface area contributed by atoms with Gasteiger partial charge in [0, 0.05) is 30.1 Å². The van der Waals surface area contributed by atoms with Gasteiger partial charge < -0.3 is 15.2 Å². The Labute approximate surface area is 157 Å². The first kappa shape index (κ1) is 18.4. The molecule has 0 spiro atoms. The van der Waals surface area contributed by atoms with E-state index in [2.05, 4.69) is 27.4 Å². The lowest BCUT2D eigenvalue weighted by Gasteiger charge is -2.07. The number of aromatic hydroxyl groups is 1. The topological polar surface area (TPSA) is 84.3 Å². The SMILES string of the molecule is COc1ncc(-c2ccc(CCCNC(=O)c3ccc(O)cc3)cc2)cn1. The Kier molecular flexibility index (Phi) is 5.99. The molecular formula is C21H21N3O3. The van der Waals surface area contributed by atoms with Crippen LogP contribution in [0.5, 0.6) is 11.8 Å². The second kappa shape index (κ2) is 8.80. The quantitative estimate of drug-likeness (QED) is 0.630. The van der Waals surface area contributed by atoms with Gasteiger partial charge in [-0.05, 0) is 48.2 Å². The van der Waals surface area contributed by atoms with E-state index < -0.39 is 0 Å². The molecule has 0 atom stereocenters. The Hall–Kier alpha value is -3.41. The lowest BCUT2D eigenvalue weighted by molar-refractivity contribution is 0.0953. The maximum atomic E-state index is 12.0. The molecule has 1 amide bonds. The maximum Gasteiger partial charge on any atom is 0.316 e. The number of hydrogen-bond donors (Lipinski definition) is 2. The van der Waals surface area contributed by atoms with E-state index in [0.29, 0.717) is 18.1 Å². The van der Waals surface area contributed by atoms with Gasteiger partial charge in [-0.15, -0.1) is 0 Å². The van der Waals surface area contributed by atoms with Crippen molar-refractivity contribution in [3.05, 3.63) is 72.1 Å². The van der Waals surface area contributed by atoms with Gasteiger partial charge in [0.25, 0.3) is 5.91 Å². The number of phenolic OH excluding ortho intramolecular Hbond substituents is 1. The van der Waals surface area contributed by atoms with Crippen LogP contribution in [-0.4, -0.2) is 34.6 Å². The fourth-order valence-corrected chi connectivity index (χ4v) is 2.64. The van der Waals surface area contributed by atoms with E-state index in [1.807, 2.05) is 12.1 Å². The fraction of sp³-hybridized carbons (Fsp3) is 0.190. The highest BCUT2D eigenvalue weighted by Gasteiger charge is 2.05. The number of benzene rings is 2. The molecule has 0 radical (unpaired) electrons. The fourth-order valence-electron chi connectivity index (χ4n) is 2.64. The number of aryl methyl sites for hydroxylation is 1. The van der Waals surface area contributed by atoms with Gasteiger partial charge in [-0.2, -0.15) is 0 Å². The Bertz CT molecular complexity index is 876. The molecule has 0 unspecified atom stereocenters. The lowest BCUT2D eigenvalue weighted by Crippen LogP contribution is -2.24. The summed E-state index contributed by atoms with van der Waals surface area (Å²) < 4.78 is 4.97. The van der Waals surface area contributed by atoms with Crippen molar-refractivity contribution in [1.82, 2.24) is 15.3 Å². The molecule has 0 aliphatic heterocycles. The van der Waals surface area contributed by atoms with E-state index in [1.165, 1.54) is 24.8 Å². The third kappa shape index (κ3) is 5.04. The van der Waals surface area contributed by atoms with Crippen LogP contribution in [0, 0.1) is 0 Å². The Morgan fingerprint density at radius 2 is 1.67 bits per heavy atom. The molecule has 0 saturated carbocycles. The molecule has 27 heavy (non-hydrogen) atoms. The number of ether oxygens (including phenoxy) is 1. The number of hydrogen-bond acceptors (Lipinski definition) is 5. The zero-order valence-corrected chi connectivity index (χ0v) is 15.1. The van der Waals surface area contributed by atoms with Crippen molar-refractivity contribution in [2.24, 2.45) is 0 Å². The molecule has 3 rings (SSSR count). The van der Waals surface area contributed by atoms with Crippen molar-refractivity contribution in [2.45, 2.75) is 12.8 Å². The smallest absolute Gasteiger partial charge is 0.316 e. The molecule has 6 nitrogen and oxygen atoms in total. The van der Waals surface area contributed by atoms with E-state index in [0.717, 1.165) is 24.0 Å². The Morgan fingerprint density at radius 3 is 2.30 bits per heavy atom. The summed E-state index contributed by atoms with van der Waals surface area (Å²) in [5, 5.41) is 12.1. The standard InChI is InChI=1S/C21H21N3O3/c1-27-21-23-13-18(14-24-21)16-6-4-15(5-7-16)3-2-12-22-20(26)17-8-10-19(25)11-9-17/h4-11,13-14,25H,2-3,12H2,1H3,(H,22,26). The maximum absolute atomic E-state index is 12.0. The monoisotopic (exact) mass is 363 g/mol. The average Bonchev–Trinajstić information content (AvgIpc) is 2.72. The summed E-state index contributed by atoms with van der Waals surface area (Å²) in [6.07, 6.45) is 5.18. The summed E-state index contributed by atoms with van der Waals surface area (Å²) in [5.41, 5.74) is 3.72. The first-order valence-electron chi connectivity index (χ1n) is 8.68. The molecule has 138 valence electrons. The third-order valence-corrected chi connectivity index (χ3v) is 4.16. The largest absolute Gasteiger partial charge is 0.508 e. The molecule has 0 fully saturated rings. The number of methoxy groups -OCH3 is 1. The number of aromatic nitrogens is 2. The predicted molar refractivity (Wildman–Crippen MR) is 103 cm³/mol. The van der Waals surface area contributed by atoms with Gasteiger partial charge in [0.2, 0.25) is 0 Å². The zero-order valence-electron chi connectivity index (χ0n) is 15.1. The minimum atomic E-state index is -0.134. The number of nitrogens with zero attached hydrogens (tertiary/aromatic N) is 2. The summed E-state index contributed by atoms with van der Waals surface area (Å²) in [7, 11) is 1.54. The van der Waals surface area contributed by atoms with Crippen molar-refractivity contribution in [1.29, 1.82) is 0 Å². The highest BCUT2D eigenvalue weighted by atomic mass is 16.5. The highest BCUT2D eigenvalue weighted by molar-refractivity contribution is 5.94. The summed E-state index contributed by atoms with van der Waals surface area (Å²) in [6, 6.07) is 14.8. The highest BCUT2D eigenvalue weighted by Crippen LogP contribution is 2.19. The van der Waals surface area contributed by atoms with E-state index >= 15 is 0 Å². The second-order valence-electron chi connectivity index (χ2n) is 6.06. The summed E-state index contributed by atoms with van der Waals surface area (Å²) in [5.74, 6) is 0.0149. The summed E-state index contributed by atoms with van der Waals surface area (Å²) >= 11 is 0. The van der Waals surface area contributed by atoms with Crippen LogP contribution in [0.25, 0.3) is 11.1 Å². The van der Waals surface area contributed by atoms with E-state index in [-0.39, 0.29) is 11.7 Å². The van der Waals surface area contributed by atoms with Crippen LogP contribution in [0.1, 0.15) is 22.3 Å². The number of carbonyl (C=O) groups is 1.